The first-order chi connectivity index (χ1) is 8.20. The number of fused-ring (bicyclic) bond motifs is 1. The predicted octanol–water partition coefficient (Wildman–Crippen LogP) is 0.214. The Bertz CT molecular complexity index is 319. The van der Waals surface area contributed by atoms with Gasteiger partial charge in [0.1, 0.15) is 0 Å². The second-order valence-corrected chi connectivity index (χ2v) is 5.92. The number of carbonyl (C=O) groups is 1. The second kappa shape index (κ2) is 4.25. The van der Waals surface area contributed by atoms with Crippen molar-refractivity contribution in [2.24, 2.45) is 17.8 Å². The van der Waals surface area contributed by atoms with Crippen LogP contribution in [0, 0.1) is 17.8 Å². The number of amides is 1. The Kier molecular flexibility index (Phi) is 2.87. The molecule has 0 aromatic carbocycles. The maximum absolute atomic E-state index is 11.7. The van der Waals surface area contributed by atoms with Crippen LogP contribution in [0.1, 0.15) is 26.2 Å². The SMILES string of the molecule is CCCNC(=O)CN1CC2CC3CC2C1C3O. The summed E-state index contributed by atoms with van der Waals surface area (Å²) in [6, 6.07) is 0.270. The summed E-state index contributed by atoms with van der Waals surface area (Å²) in [5.41, 5.74) is 0. The third-order valence-electron chi connectivity index (χ3n) is 4.87. The minimum Gasteiger partial charge on any atom is -0.391 e. The monoisotopic (exact) mass is 238 g/mol. The number of aliphatic hydroxyl groups is 1. The van der Waals surface area contributed by atoms with Crippen molar-refractivity contribution < 1.29 is 9.90 Å². The van der Waals surface area contributed by atoms with Gasteiger partial charge in [0.05, 0.1) is 12.6 Å². The molecule has 3 rings (SSSR count). The Hall–Kier alpha value is -0.610. The minimum absolute atomic E-state index is 0.115. The van der Waals surface area contributed by atoms with Gasteiger partial charge in [0, 0.05) is 19.1 Å². The first-order valence-electron chi connectivity index (χ1n) is 6.89. The number of carbonyl (C=O) groups excluding carboxylic acids is 1. The van der Waals surface area contributed by atoms with Gasteiger partial charge in [-0.15, -0.1) is 0 Å². The van der Waals surface area contributed by atoms with E-state index in [0.29, 0.717) is 18.4 Å². The van der Waals surface area contributed by atoms with Crippen molar-refractivity contribution in [1.29, 1.82) is 0 Å². The molecule has 3 aliphatic rings. The number of aliphatic hydroxyl groups excluding tert-OH is 1. The molecule has 5 unspecified atom stereocenters. The average molecular weight is 238 g/mol. The van der Waals surface area contributed by atoms with Crippen LogP contribution < -0.4 is 5.32 Å². The van der Waals surface area contributed by atoms with Crippen molar-refractivity contribution in [1.82, 2.24) is 10.2 Å². The van der Waals surface area contributed by atoms with E-state index in [1.54, 1.807) is 0 Å². The molecule has 2 saturated carbocycles. The zero-order chi connectivity index (χ0) is 12.0. The number of nitrogens with one attached hydrogen (secondary N) is 1. The van der Waals surface area contributed by atoms with Crippen molar-refractivity contribution in [3.63, 3.8) is 0 Å². The van der Waals surface area contributed by atoms with E-state index >= 15 is 0 Å². The topological polar surface area (TPSA) is 52.6 Å². The molecule has 0 spiro atoms. The maximum Gasteiger partial charge on any atom is 0.234 e. The third kappa shape index (κ3) is 1.78. The van der Waals surface area contributed by atoms with Crippen molar-refractivity contribution in [3.05, 3.63) is 0 Å². The number of likely N-dealkylation sites (tertiary alicyclic amines) is 1. The number of hydrogen-bond donors (Lipinski definition) is 2. The fourth-order valence-electron chi connectivity index (χ4n) is 4.23. The van der Waals surface area contributed by atoms with Gasteiger partial charge in [-0.05, 0) is 37.0 Å². The molecule has 1 saturated heterocycles. The zero-order valence-electron chi connectivity index (χ0n) is 10.4. The van der Waals surface area contributed by atoms with E-state index in [9.17, 15) is 9.90 Å². The minimum atomic E-state index is -0.183. The highest BCUT2D eigenvalue weighted by Crippen LogP contribution is 2.54. The van der Waals surface area contributed by atoms with Crippen molar-refractivity contribution >= 4 is 5.91 Å². The normalized spacial score (nSPS) is 43.3. The zero-order valence-corrected chi connectivity index (χ0v) is 10.4. The summed E-state index contributed by atoms with van der Waals surface area (Å²) in [5, 5.41) is 13.1. The molecule has 0 aromatic rings. The van der Waals surface area contributed by atoms with Crippen LogP contribution in [0.25, 0.3) is 0 Å². The van der Waals surface area contributed by atoms with Crippen LogP contribution >= 0.6 is 0 Å². The third-order valence-corrected chi connectivity index (χ3v) is 4.87. The summed E-state index contributed by atoms with van der Waals surface area (Å²) in [4.78, 5) is 14.0. The lowest BCUT2D eigenvalue weighted by Gasteiger charge is -2.28. The van der Waals surface area contributed by atoms with Gasteiger partial charge < -0.3 is 10.4 Å². The van der Waals surface area contributed by atoms with Crippen LogP contribution in [0.4, 0.5) is 0 Å². The van der Waals surface area contributed by atoms with Crippen LogP contribution in [0.2, 0.25) is 0 Å². The molecule has 96 valence electrons. The fraction of sp³-hybridized carbons (Fsp3) is 0.923. The highest BCUT2D eigenvalue weighted by molar-refractivity contribution is 5.78. The van der Waals surface area contributed by atoms with Gasteiger partial charge in [-0.25, -0.2) is 0 Å². The van der Waals surface area contributed by atoms with E-state index < -0.39 is 0 Å². The van der Waals surface area contributed by atoms with Gasteiger partial charge in [0.15, 0.2) is 0 Å². The van der Waals surface area contributed by atoms with Gasteiger partial charge in [0.25, 0.3) is 0 Å². The molecule has 0 radical (unpaired) electrons. The molecule has 5 atom stereocenters. The first kappa shape index (κ1) is 11.5. The van der Waals surface area contributed by atoms with Crippen molar-refractivity contribution in [2.75, 3.05) is 19.6 Å². The first-order valence-corrected chi connectivity index (χ1v) is 6.89. The van der Waals surface area contributed by atoms with Crippen LogP contribution in [0.15, 0.2) is 0 Å². The molecule has 2 aliphatic carbocycles. The standard InChI is InChI=1S/C13H22N2O2/c1-2-3-14-11(16)7-15-6-9-4-8-5-10(9)12(15)13(8)17/h8-10,12-13,17H,2-7H2,1H3,(H,14,16). The molecule has 0 aromatic heterocycles. The van der Waals surface area contributed by atoms with E-state index in [-0.39, 0.29) is 18.1 Å². The molecule has 2 N–H and O–H groups in total. The Labute approximate surface area is 102 Å². The largest absolute Gasteiger partial charge is 0.391 e. The van der Waals surface area contributed by atoms with E-state index in [1.165, 1.54) is 12.8 Å². The summed E-state index contributed by atoms with van der Waals surface area (Å²) < 4.78 is 0. The van der Waals surface area contributed by atoms with E-state index in [4.69, 9.17) is 0 Å². The molecule has 3 fully saturated rings. The molecule has 17 heavy (non-hydrogen) atoms. The molecule has 1 amide bonds. The van der Waals surface area contributed by atoms with E-state index in [1.807, 2.05) is 0 Å². The maximum atomic E-state index is 11.7. The predicted molar refractivity (Wildman–Crippen MR) is 64.4 cm³/mol. The van der Waals surface area contributed by atoms with E-state index in [2.05, 4.69) is 17.1 Å². The molecule has 1 aliphatic heterocycles. The second-order valence-electron chi connectivity index (χ2n) is 5.92. The molecule has 4 nitrogen and oxygen atoms in total. The quantitative estimate of drug-likeness (QED) is 0.736. The number of nitrogens with zero attached hydrogens (tertiary/aromatic N) is 1. The summed E-state index contributed by atoms with van der Waals surface area (Å²) in [7, 11) is 0. The van der Waals surface area contributed by atoms with Gasteiger partial charge in [-0.3, -0.25) is 9.69 Å². The lowest BCUT2D eigenvalue weighted by atomic mass is 9.88. The van der Waals surface area contributed by atoms with Gasteiger partial charge >= 0.3 is 0 Å². The van der Waals surface area contributed by atoms with Crippen molar-refractivity contribution in [3.8, 4) is 0 Å². The smallest absolute Gasteiger partial charge is 0.234 e. The highest BCUT2D eigenvalue weighted by Gasteiger charge is 2.58. The molecular weight excluding hydrogens is 216 g/mol. The Morgan fingerprint density at radius 1 is 1.41 bits per heavy atom. The lowest BCUT2D eigenvalue weighted by Crippen LogP contribution is -2.45. The average Bonchev–Trinajstić information content (AvgIpc) is 2.88. The van der Waals surface area contributed by atoms with Crippen LogP contribution in [0.5, 0.6) is 0 Å². The van der Waals surface area contributed by atoms with Crippen LogP contribution in [0.3, 0.4) is 0 Å². The Balaban J connectivity index is 1.60. The Morgan fingerprint density at radius 2 is 2.24 bits per heavy atom. The number of hydrogen-bond acceptors (Lipinski definition) is 3. The van der Waals surface area contributed by atoms with Gasteiger partial charge in [0.2, 0.25) is 5.91 Å². The van der Waals surface area contributed by atoms with E-state index in [0.717, 1.165) is 25.4 Å². The molecular formula is C13H22N2O2. The van der Waals surface area contributed by atoms with Gasteiger partial charge in [-0.1, -0.05) is 6.92 Å². The fourth-order valence-corrected chi connectivity index (χ4v) is 4.23. The van der Waals surface area contributed by atoms with Crippen LogP contribution in [-0.4, -0.2) is 47.7 Å². The lowest BCUT2D eigenvalue weighted by molar-refractivity contribution is -0.122. The molecule has 4 heteroatoms. The summed E-state index contributed by atoms with van der Waals surface area (Å²) in [5.74, 6) is 2.03. The number of rotatable bonds is 4. The van der Waals surface area contributed by atoms with Crippen LogP contribution in [-0.2, 0) is 4.79 Å². The molecule has 2 bridgehead atoms. The van der Waals surface area contributed by atoms with Gasteiger partial charge in [-0.2, -0.15) is 0 Å². The summed E-state index contributed by atoms with van der Waals surface area (Å²) in [6.45, 7) is 4.31. The highest BCUT2D eigenvalue weighted by atomic mass is 16.3. The van der Waals surface area contributed by atoms with Crippen molar-refractivity contribution in [2.45, 2.75) is 38.3 Å². The Morgan fingerprint density at radius 3 is 2.94 bits per heavy atom. The summed E-state index contributed by atoms with van der Waals surface area (Å²) >= 11 is 0. The molecule has 1 heterocycles. The summed E-state index contributed by atoms with van der Waals surface area (Å²) in [6.07, 6.45) is 3.15.